The zero-order chi connectivity index (χ0) is 13.7. The van der Waals surface area contributed by atoms with Crippen molar-refractivity contribution in [3.05, 3.63) is 60.7 Å². The molecule has 2 nitrogen and oxygen atoms in total. The van der Waals surface area contributed by atoms with Crippen LogP contribution >= 0.6 is 7.92 Å². The van der Waals surface area contributed by atoms with E-state index in [1.165, 1.54) is 10.6 Å². The highest BCUT2D eigenvalue weighted by Gasteiger charge is 2.19. The molecule has 2 atom stereocenters. The van der Waals surface area contributed by atoms with Gasteiger partial charge < -0.3 is 10.8 Å². The fraction of sp³-hybridized carbons (Fsp3) is 0.250. The summed E-state index contributed by atoms with van der Waals surface area (Å²) in [7, 11) is -0.508. The van der Waals surface area contributed by atoms with E-state index < -0.39 is 14.0 Å². The normalized spacial score (nSPS) is 14.3. The van der Waals surface area contributed by atoms with E-state index in [1.807, 2.05) is 12.1 Å². The van der Waals surface area contributed by atoms with Crippen molar-refractivity contribution in [2.45, 2.75) is 19.1 Å². The molecule has 2 unspecified atom stereocenters. The molecule has 0 saturated carbocycles. The molecule has 0 aliphatic carbocycles. The fourth-order valence-corrected chi connectivity index (χ4v) is 4.45. The smallest absolute Gasteiger partial charge is 0.0666 e. The third-order valence-electron chi connectivity index (χ3n) is 3.15. The molecular weight excluding hydrogens is 253 g/mol. The maximum atomic E-state index is 9.65. The fourth-order valence-electron chi connectivity index (χ4n) is 1.94. The lowest BCUT2D eigenvalue weighted by Gasteiger charge is -2.24. The van der Waals surface area contributed by atoms with Gasteiger partial charge in [-0.05, 0) is 31.6 Å². The largest absolute Gasteiger partial charge is 0.392 e. The highest BCUT2D eigenvalue weighted by atomic mass is 31.1. The topological polar surface area (TPSA) is 46.2 Å². The van der Waals surface area contributed by atoms with Crippen LogP contribution in [0.25, 0.3) is 0 Å². The summed E-state index contributed by atoms with van der Waals surface area (Å²) in [5.41, 5.74) is 6.06. The predicted molar refractivity (Wildman–Crippen MR) is 83.6 cm³/mol. The lowest BCUT2D eigenvalue weighted by molar-refractivity contribution is 0.172. The molecule has 0 radical (unpaired) electrons. The van der Waals surface area contributed by atoms with Crippen LogP contribution in [-0.2, 0) is 0 Å². The predicted octanol–water partition coefficient (Wildman–Crippen LogP) is 1.83. The highest BCUT2D eigenvalue weighted by molar-refractivity contribution is 7.73. The Morgan fingerprint density at radius 3 is 1.74 bits per heavy atom. The van der Waals surface area contributed by atoms with Gasteiger partial charge >= 0.3 is 0 Å². The Bertz CT molecular complexity index is 447. The summed E-state index contributed by atoms with van der Waals surface area (Å²) in [6.07, 6.45) is 0.332. The van der Waals surface area contributed by atoms with Crippen molar-refractivity contribution in [1.82, 2.24) is 0 Å². The van der Waals surface area contributed by atoms with Gasteiger partial charge in [0.25, 0.3) is 0 Å². The summed E-state index contributed by atoms with van der Waals surface area (Å²) in [6, 6.07) is 20.7. The van der Waals surface area contributed by atoms with Crippen molar-refractivity contribution in [2.75, 3.05) is 6.16 Å². The van der Waals surface area contributed by atoms with Crippen molar-refractivity contribution in [3.8, 4) is 0 Å². The van der Waals surface area contributed by atoms with Crippen molar-refractivity contribution in [3.63, 3.8) is 0 Å². The molecule has 0 spiro atoms. The van der Waals surface area contributed by atoms with Crippen molar-refractivity contribution in [1.29, 1.82) is 0 Å². The van der Waals surface area contributed by atoms with E-state index in [0.29, 0.717) is 0 Å². The van der Waals surface area contributed by atoms with E-state index in [1.54, 1.807) is 6.92 Å². The van der Waals surface area contributed by atoms with E-state index in [2.05, 4.69) is 48.5 Å². The number of hydrogen-bond donors (Lipinski definition) is 2. The van der Waals surface area contributed by atoms with Crippen LogP contribution < -0.4 is 16.3 Å². The number of aliphatic hydroxyl groups excluding tert-OH is 1. The molecule has 0 bridgehead atoms. The van der Waals surface area contributed by atoms with Gasteiger partial charge in [-0.1, -0.05) is 60.7 Å². The van der Waals surface area contributed by atoms with Crippen molar-refractivity contribution in [2.24, 2.45) is 5.73 Å². The Morgan fingerprint density at radius 1 is 0.947 bits per heavy atom. The van der Waals surface area contributed by atoms with Crippen LogP contribution in [-0.4, -0.2) is 23.4 Å². The van der Waals surface area contributed by atoms with Crippen molar-refractivity contribution >= 4 is 18.5 Å². The van der Waals surface area contributed by atoms with Gasteiger partial charge in [-0.15, -0.1) is 0 Å². The number of nitrogens with two attached hydrogens (primary N) is 1. The highest BCUT2D eigenvalue weighted by Crippen LogP contribution is 2.34. The maximum absolute atomic E-state index is 9.65. The molecule has 2 aromatic rings. The zero-order valence-electron chi connectivity index (χ0n) is 11.1. The summed E-state index contributed by atoms with van der Waals surface area (Å²) >= 11 is 0. The number of hydrogen-bond acceptors (Lipinski definition) is 2. The van der Waals surface area contributed by atoms with Gasteiger partial charge in [-0.3, -0.25) is 0 Å². The molecule has 2 aromatic carbocycles. The van der Waals surface area contributed by atoms with Gasteiger partial charge in [-0.2, -0.15) is 0 Å². The standard InChI is InChI=1S/C16H20NOP/c1-13(18)16(17)12-19(14-8-4-2-5-9-14)15-10-6-3-7-11-15/h2-11,13,16,18H,12,17H2,1H3. The molecule has 0 aliphatic rings. The van der Waals surface area contributed by atoms with Crippen LogP contribution in [0.1, 0.15) is 6.92 Å². The lowest BCUT2D eigenvalue weighted by Crippen LogP contribution is -2.37. The second-order valence-electron chi connectivity index (χ2n) is 4.69. The first-order valence-electron chi connectivity index (χ1n) is 6.50. The molecule has 0 amide bonds. The lowest BCUT2D eigenvalue weighted by atomic mass is 10.2. The molecule has 3 N–H and O–H groups in total. The van der Waals surface area contributed by atoms with E-state index in [0.717, 1.165) is 6.16 Å². The van der Waals surface area contributed by atoms with Crippen LogP contribution in [0.15, 0.2) is 60.7 Å². The molecule has 0 heterocycles. The molecule has 0 saturated heterocycles. The number of benzene rings is 2. The average Bonchev–Trinajstić information content (AvgIpc) is 2.46. The van der Waals surface area contributed by atoms with Crippen LogP contribution in [0.2, 0.25) is 0 Å². The Morgan fingerprint density at radius 2 is 1.37 bits per heavy atom. The second-order valence-corrected chi connectivity index (χ2v) is 6.94. The molecule has 0 fully saturated rings. The summed E-state index contributed by atoms with van der Waals surface area (Å²) in [4.78, 5) is 0. The first kappa shape index (κ1) is 14.2. The van der Waals surface area contributed by atoms with E-state index in [-0.39, 0.29) is 6.04 Å². The average molecular weight is 273 g/mol. The van der Waals surface area contributed by atoms with E-state index in [4.69, 9.17) is 5.73 Å². The molecule has 3 heteroatoms. The number of aliphatic hydroxyl groups is 1. The summed E-state index contributed by atoms with van der Waals surface area (Å²) in [6.45, 7) is 1.76. The van der Waals surface area contributed by atoms with Gasteiger partial charge in [0.1, 0.15) is 0 Å². The molecule has 100 valence electrons. The first-order chi connectivity index (χ1) is 9.18. The van der Waals surface area contributed by atoms with Gasteiger partial charge in [-0.25, -0.2) is 0 Å². The minimum absolute atomic E-state index is 0.188. The van der Waals surface area contributed by atoms with E-state index in [9.17, 15) is 5.11 Å². The van der Waals surface area contributed by atoms with Crippen LogP contribution in [0.3, 0.4) is 0 Å². The first-order valence-corrected chi connectivity index (χ1v) is 8.02. The maximum Gasteiger partial charge on any atom is 0.0666 e. The van der Waals surface area contributed by atoms with Gasteiger partial charge in [0.2, 0.25) is 0 Å². The Balaban J connectivity index is 2.29. The number of rotatable bonds is 5. The Labute approximate surface area is 116 Å². The third kappa shape index (κ3) is 3.87. The van der Waals surface area contributed by atoms with Crippen LogP contribution in [0.5, 0.6) is 0 Å². The van der Waals surface area contributed by atoms with E-state index >= 15 is 0 Å². The van der Waals surface area contributed by atoms with Gasteiger partial charge in [0, 0.05) is 6.04 Å². The second kappa shape index (κ2) is 6.81. The SMILES string of the molecule is CC(O)C(N)CP(c1ccccc1)c1ccccc1. The Hall–Kier alpha value is -1.21. The summed E-state index contributed by atoms with van der Waals surface area (Å²) in [5, 5.41) is 12.3. The van der Waals surface area contributed by atoms with Crippen molar-refractivity contribution < 1.29 is 5.11 Å². The minimum atomic E-state index is -0.508. The third-order valence-corrected chi connectivity index (χ3v) is 5.78. The molecule has 0 aliphatic heterocycles. The van der Waals surface area contributed by atoms with Crippen LogP contribution in [0.4, 0.5) is 0 Å². The molecule has 2 rings (SSSR count). The summed E-state index contributed by atoms with van der Waals surface area (Å²) < 4.78 is 0. The molecular formula is C16H20NOP. The van der Waals surface area contributed by atoms with Gasteiger partial charge in [0.05, 0.1) is 6.10 Å². The minimum Gasteiger partial charge on any atom is -0.392 e. The quantitative estimate of drug-likeness (QED) is 0.816. The summed E-state index contributed by atoms with van der Waals surface area (Å²) in [5.74, 6) is 0. The zero-order valence-corrected chi connectivity index (χ0v) is 12.0. The monoisotopic (exact) mass is 273 g/mol. The van der Waals surface area contributed by atoms with Gasteiger partial charge in [0.15, 0.2) is 0 Å². The molecule has 19 heavy (non-hydrogen) atoms. The molecule has 0 aromatic heterocycles. The Kier molecular flexibility index (Phi) is 5.09. The van der Waals surface area contributed by atoms with Crippen LogP contribution in [0, 0.1) is 0 Å².